The molecular weight excluding hydrogens is 208 g/mol. The zero-order valence-corrected chi connectivity index (χ0v) is 9.87. The molecule has 1 aromatic heterocycles. The summed E-state index contributed by atoms with van der Waals surface area (Å²) in [6.45, 7) is 3.40. The molecule has 0 spiro atoms. The first-order chi connectivity index (χ1) is 7.43. The normalized spacial score (nSPS) is 12.0. The Morgan fingerprint density at radius 2 is 2.12 bits per heavy atom. The number of hydrogen-bond acceptors (Lipinski definition) is 3. The van der Waals surface area contributed by atoms with E-state index >= 15 is 0 Å². The minimum Gasteiger partial charge on any atom is -0.347 e. The van der Waals surface area contributed by atoms with Gasteiger partial charge in [0.25, 0.3) is 5.91 Å². The van der Waals surface area contributed by atoms with Gasteiger partial charge in [0.15, 0.2) is 0 Å². The number of carbonyl (C=O) groups is 2. The quantitative estimate of drug-likeness (QED) is 0.754. The molecule has 1 unspecified atom stereocenters. The van der Waals surface area contributed by atoms with Crippen molar-refractivity contribution in [2.24, 2.45) is 0 Å². The molecule has 0 aromatic carbocycles. The number of aromatic amines is 1. The SMILES string of the molecule is Cc1[nH]ncc1C(=O)NC(C)C(=O)N(C)C. The summed E-state index contributed by atoms with van der Waals surface area (Å²) < 4.78 is 0. The van der Waals surface area contributed by atoms with Crippen LogP contribution < -0.4 is 5.32 Å². The van der Waals surface area contributed by atoms with Gasteiger partial charge in [0, 0.05) is 19.8 Å². The molecule has 1 rings (SSSR count). The zero-order chi connectivity index (χ0) is 12.3. The fraction of sp³-hybridized carbons (Fsp3) is 0.500. The van der Waals surface area contributed by atoms with Crippen LogP contribution in [-0.2, 0) is 4.79 Å². The standard InChI is InChI=1S/C10H16N4O2/c1-6-8(5-11-13-6)9(15)12-7(2)10(16)14(3)4/h5,7H,1-4H3,(H,11,13)(H,12,15). The lowest BCUT2D eigenvalue weighted by molar-refractivity contribution is -0.130. The van der Waals surface area contributed by atoms with Crippen molar-refractivity contribution in [3.8, 4) is 0 Å². The molecule has 6 nitrogen and oxygen atoms in total. The van der Waals surface area contributed by atoms with Crippen LogP contribution in [0.1, 0.15) is 23.0 Å². The van der Waals surface area contributed by atoms with Crippen LogP contribution in [-0.4, -0.2) is 47.0 Å². The third-order valence-corrected chi connectivity index (χ3v) is 2.23. The number of hydrogen-bond donors (Lipinski definition) is 2. The Labute approximate surface area is 94.0 Å². The molecule has 0 radical (unpaired) electrons. The predicted octanol–water partition coefficient (Wildman–Crippen LogP) is -0.0754. The molecule has 16 heavy (non-hydrogen) atoms. The van der Waals surface area contributed by atoms with E-state index in [1.807, 2.05) is 0 Å². The second kappa shape index (κ2) is 4.78. The van der Waals surface area contributed by atoms with Crippen LogP contribution in [0.15, 0.2) is 6.20 Å². The van der Waals surface area contributed by atoms with E-state index in [0.717, 1.165) is 0 Å². The maximum Gasteiger partial charge on any atom is 0.255 e. The average molecular weight is 224 g/mol. The Balaban J connectivity index is 2.66. The monoisotopic (exact) mass is 224 g/mol. The lowest BCUT2D eigenvalue weighted by Crippen LogP contribution is -2.44. The molecule has 6 heteroatoms. The highest BCUT2D eigenvalue weighted by Crippen LogP contribution is 2.02. The summed E-state index contributed by atoms with van der Waals surface area (Å²) in [7, 11) is 3.29. The number of H-pyrrole nitrogens is 1. The largest absolute Gasteiger partial charge is 0.347 e. The first-order valence-electron chi connectivity index (χ1n) is 4.95. The van der Waals surface area contributed by atoms with E-state index in [1.54, 1.807) is 27.9 Å². The molecule has 88 valence electrons. The van der Waals surface area contributed by atoms with Crippen molar-refractivity contribution in [2.75, 3.05) is 14.1 Å². The predicted molar refractivity (Wildman–Crippen MR) is 58.9 cm³/mol. The van der Waals surface area contributed by atoms with E-state index in [4.69, 9.17) is 0 Å². The first-order valence-corrected chi connectivity index (χ1v) is 4.95. The Bertz CT molecular complexity index is 397. The first kappa shape index (κ1) is 12.2. The lowest BCUT2D eigenvalue weighted by atomic mass is 10.2. The molecule has 1 heterocycles. The van der Waals surface area contributed by atoms with Crippen LogP contribution in [0.2, 0.25) is 0 Å². The topological polar surface area (TPSA) is 78.1 Å². The molecular formula is C10H16N4O2. The molecule has 0 saturated carbocycles. The van der Waals surface area contributed by atoms with E-state index in [0.29, 0.717) is 11.3 Å². The summed E-state index contributed by atoms with van der Waals surface area (Å²) in [6, 6.07) is -0.545. The lowest BCUT2D eigenvalue weighted by Gasteiger charge is -2.17. The molecule has 2 N–H and O–H groups in total. The van der Waals surface area contributed by atoms with Gasteiger partial charge in [0.05, 0.1) is 11.8 Å². The van der Waals surface area contributed by atoms with Crippen LogP contribution in [0.3, 0.4) is 0 Å². The maximum atomic E-state index is 11.7. The molecule has 0 bridgehead atoms. The van der Waals surface area contributed by atoms with Crippen LogP contribution >= 0.6 is 0 Å². The van der Waals surface area contributed by atoms with Gasteiger partial charge in [0.1, 0.15) is 6.04 Å². The molecule has 0 fully saturated rings. The number of aromatic nitrogens is 2. The summed E-state index contributed by atoms with van der Waals surface area (Å²) in [6.07, 6.45) is 1.44. The smallest absolute Gasteiger partial charge is 0.255 e. The summed E-state index contributed by atoms with van der Waals surface area (Å²) in [5.74, 6) is -0.441. The Morgan fingerprint density at radius 1 is 1.50 bits per heavy atom. The van der Waals surface area contributed by atoms with Crippen molar-refractivity contribution >= 4 is 11.8 Å². The molecule has 0 aliphatic heterocycles. The molecule has 0 aliphatic carbocycles. The van der Waals surface area contributed by atoms with Crippen molar-refractivity contribution in [1.29, 1.82) is 0 Å². The van der Waals surface area contributed by atoms with Crippen molar-refractivity contribution in [2.45, 2.75) is 19.9 Å². The van der Waals surface area contributed by atoms with Crippen LogP contribution in [0, 0.1) is 6.92 Å². The van der Waals surface area contributed by atoms with Crippen LogP contribution in [0.5, 0.6) is 0 Å². The number of nitrogens with zero attached hydrogens (tertiary/aromatic N) is 2. The van der Waals surface area contributed by atoms with Crippen molar-refractivity contribution in [1.82, 2.24) is 20.4 Å². The number of nitrogens with one attached hydrogen (secondary N) is 2. The molecule has 0 aliphatic rings. The highest BCUT2D eigenvalue weighted by molar-refractivity contribution is 5.97. The van der Waals surface area contributed by atoms with Gasteiger partial charge in [-0.05, 0) is 13.8 Å². The van der Waals surface area contributed by atoms with E-state index in [2.05, 4.69) is 15.5 Å². The van der Waals surface area contributed by atoms with Crippen molar-refractivity contribution < 1.29 is 9.59 Å². The minimum atomic E-state index is -0.545. The van der Waals surface area contributed by atoms with Gasteiger partial charge >= 0.3 is 0 Å². The second-order valence-electron chi connectivity index (χ2n) is 3.84. The zero-order valence-electron chi connectivity index (χ0n) is 9.87. The number of rotatable bonds is 3. The van der Waals surface area contributed by atoms with Gasteiger partial charge in [-0.3, -0.25) is 14.7 Å². The summed E-state index contributed by atoms with van der Waals surface area (Å²) in [5.41, 5.74) is 1.14. The van der Waals surface area contributed by atoms with E-state index in [-0.39, 0.29) is 11.8 Å². The van der Waals surface area contributed by atoms with Gasteiger partial charge in [-0.25, -0.2) is 0 Å². The van der Waals surface area contributed by atoms with Crippen molar-refractivity contribution in [3.05, 3.63) is 17.5 Å². The van der Waals surface area contributed by atoms with E-state index < -0.39 is 6.04 Å². The summed E-state index contributed by atoms with van der Waals surface area (Å²) >= 11 is 0. The Hall–Kier alpha value is -1.85. The van der Waals surface area contributed by atoms with E-state index in [1.165, 1.54) is 11.1 Å². The highest BCUT2D eigenvalue weighted by Gasteiger charge is 2.19. The summed E-state index contributed by atoms with van der Waals surface area (Å²) in [4.78, 5) is 24.7. The molecule has 1 aromatic rings. The number of amides is 2. The third-order valence-electron chi connectivity index (χ3n) is 2.23. The number of likely N-dealkylation sites (N-methyl/N-ethyl adjacent to an activating group) is 1. The second-order valence-corrected chi connectivity index (χ2v) is 3.84. The third kappa shape index (κ3) is 2.59. The van der Waals surface area contributed by atoms with Gasteiger partial charge in [-0.1, -0.05) is 0 Å². The van der Waals surface area contributed by atoms with Crippen molar-refractivity contribution in [3.63, 3.8) is 0 Å². The van der Waals surface area contributed by atoms with Gasteiger partial charge in [0.2, 0.25) is 5.91 Å². The van der Waals surface area contributed by atoms with Crippen LogP contribution in [0.4, 0.5) is 0 Å². The van der Waals surface area contributed by atoms with Crippen LogP contribution in [0.25, 0.3) is 0 Å². The van der Waals surface area contributed by atoms with Gasteiger partial charge in [-0.15, -0.1) is 0 Å². The maximum absolute atomic E-state index is 11.7. The van der Waals surface area contributed by atoms with E-state index in [9.17, 15) is 9.59 Å². The van der Waals surface area contributed by atoms with Gasteiger partial charge < -0.3 is 10.2 Å². The number of aryl methyl sites for hydroxylation is 1. The van der Waals surface area contributed by atoms with Gasteiger partial charge in [-0.2, -0.15) is 5.10 Å². The Kier molecular flexibility index (Phi) is 3.65. The fourth-order valence-corrected chi connectivity index (χ4v) is 1.30. The number of carbonyl (C=O) groups excluding carboxylic acids is 2. The molecule has 1 atom stereocenters. The minimum absolute atomic E-state index is 0.144. The Morgan fingerprint density at radius 3 is 2.56 bits per heavy atom. The molecule has 2 amide bonds. The summed E-state index contributed by atoms with van der Waals surface area (Å²) in [5, 5.41) is 9.03. The average Bonchev–Trinajstić information content (AvgIpc) is 2.62. The fourth-order valence-electron chi connectivity index (χ4n) is 1.30. The molecule has 0 saturated heterocycles. The highest BCUT2D eigenvalue weighted by atomic mass is 16.2.